The summed E-state index contributed by atoms with van der Waals surface area (Å²) in [5, 5.41) is 12.2. The summed E-state index contributed by atoms with van der Waals surface area (Å²) in [4.78, 5) is 12.6. The third kappa shape index (κ3) is 3.49. The number of rotatable bonds is 4. The number of aromatic hydroxyl groups is 1. The van der Waals surface area contributed by atoms with E-state index in [1.165, 1.54) is 0 Å². The van der Waals surface area contributed by atoms with Gasteiger partial charge in [-0.25, -0.2) is 0 Å². The van der Waals surface area contributed by atoms with Gasteiger partial charge in [0.15, 0.2) is 0 Å². The van der Waals surface area contributed by atoms with E-state index in [2.05, 4.69) is 33.0 Å². The maximum atomic E-state index is 12.6. The van der Waals surface area contributed by atoms with Crippen LogP contribution in [0.4, 0.5) is 5.69 Å². The van der Waals surface area contributed by atoms with Crippen LogP contribution >= 0.6 is 0 Å². The largest absolute Gasteiger partial charge is 0.508 e. The minimum absolute atomic E-state index is 0.0348. The Hall–Kier alpha value is -1.51. The van der Waals surface area contributed by atoms with Crippen LogP contribution in [-0.4, -0.2) is 11.0 Å². The Morgan fingerprint density at radius 3 is 2.11 bits per heavy atom. The average molecular weight is 263 g/mol. The van der Waals surface area contributed by atoms with Crippen LogP contribution in [0.3, 0.4) is 0 Å². The average Bonchev–Trinajstić information content (AvgIpc) is 2.30. The van der Waals surface area contributed by atoms with E-state index in [1.54, 1.807) is 24.3 Å². The molecule has 0 saturated heterocycles. The number of nitrogens with one attached hydrogen (secondary N) is 1. The van der Waals surface area contributed by atoms with Crippen molar-refractivity contribution in [3.8, 4) is 5.75 Å². The van der Waals surface area contributed by atoms with E-state index in [0.717, 1.165) is 18.5 Å². The number of hydrogen-bond acceptors (Lipinski definition) is 2. The van der Waals surface area contributed by atoms with E-state index in [4.69, 9.17) is 0 Å². The fourth-order valence-electron chi connectivity index (χ4n) is 2.14. The normalized spacial score (nSPS) is 14.8. The SMILES string of the molecule is CCCC(C)(C(=O)Nc1ccc(O)cc1)C(C)(C)C. The first-order chi connectivity index (χ1) is 8.70. The highest BCUT2D eigenvalue weighted by Gasteiger charge is 2.43. The smallest absolute Gasteiger partial charge is 0.230 e. The number of anilines is 1. The van der Waals surface area contributed by atoms with E-state index in [9.17, 15) is 9.90 Å². The molecule has 3 heteroatoms. The van der Waals surface area contributed by atoms with Crippen LogP contribution in [0.5, 0.6) is 5.75 Å². The molecule has 0 radical (unpaired) electrons. The molecule has 0 bridgehead atoms. The van der Waals surface area contributed by atoms with Crippen molar-refractivity contribution in [1.29, 1.82) is 0 Å². The summed E-state index contributed by atoms with van der Waals surface area (Å²) >= 11 is 0. The number of phenols is 1. The summed E-state index contributed by atoms with van der Waals surface area (Å²) in [6.45, 7) is 10.4. The van der Waals surface area contributed by atoms with Gasteiger partial charge in [0.1, 0.15) is 5.75 Å². The van der Waals surface area contributed by atoms with Crippen LogP contribution in [0, 0.1) is 10.8 Å². The van der Waals surface area contributed by atoms with Gasteiger partial charge in [-0.05, 0) is 36.1 Å². The number of carbonyl (C=O) groups excluding carboxylic acids is 1. The highest BCUT2D eigenvalue weighted by Crippen LogP contribution is 2.43. The lowest BCUT2D eigenvalue weighted by atomic mass is 9.65. The summed E-state index contributed by atoms with van der Waals surface area (Å²) in [6.07, 6.45) is 1.82. The third-order valence-electron chi connectivity index (χ3n) is 4.03. The molecule has 0 aliphatic heterocycles. The first-order valence-electron chi connectivity index (χ1n) is 6.81. The molecule has 1 aromatic carbocycles. The molecule has 1 unspecified atom stereocenters. The molecule has 0 aliphatic rings. The van der Waals surface area contributed by atoms with Crippen molar-refractivity contribution in [2.45, 2.75) is 47.5 Å². The monoisotopic (exact) mass is 263 g/mol. The lowest BCUT2D eigenvalue weighted by molar-refractivity contribution is -0.131. The van der Waals surface area contributed by atoms with E-state index < -0.39 is 5.41 Å². The van der Waals surface area contributed by atoms with Gasteiger partial charge in [-0.15, -0.1) is 0 Å². The zero-order valence-corrected chi connectivity index (χ0v) is 12.6. The first kappa shape index (κ1) is 15.5. The van der Waals surface area contributed by atoms with Gasteiger partial charge in [0.2, 0.25) is 5.91 Å². The zero-order valence-electron chi connectivity index (χ0n) is 12.6. The Balaban J connectivity index is 2.92. The van der Waals surface area contributed by atoms with E-state index in [1.807, 2.05) is 6.92 Å². The summed E-state index contributed by atoms with van der Waals surface area (Å²) in [5.41, 5.74) is 0.193. The van der Waals surface area contributed by atoms with Gasteiger partial charge in [-0.2, -0.15) is 0 Å². The Morgan fingerprint density at radius 2 is 1.68 bits per heavy atom. The molecule has 0 spiro atoms. The fraction of sp³-hybridized carbons (Fsp3) is 0.562. The van der Waals surface area contributed by atoms with Gasteiger partial charge in [0.05, 0.1) is 5.41 Å². The van der Waals surface area contributed by atoms with Crippen LogP contribution in [0.25, 0.3) is 0 Å². The number of phenolic OH excluding ortho intramolecular Hbond substituents is 1. The highest BCUT2D eigenvalue weighted by molar-refractivity contribution is 5.95. The minimum Gasteiger partial charge on any atom is -0.508 e. The molecule has 1 atom stereocenters. The van der Waals surface area contributed by atoms with Crippen molar-refractivity contribution < 1.29 is 9.90 Å². The van der Waals surface area contributed by atoms with Gasteiger partial charge in [-0.1, -0.05) is 41.0 Å². The molecule has 1 amide bonds. The predicted octanol–water partition coefficient (Wildman–Crippen LogP) is 4.18. The molecule has 0 heterocycles. The number of benzene rings is 1. The number of hydrogen-bond donors (Lipinski definition) is 2. The van der Waals surface area contributed by atoms with Crippen LogP contribution < -0.4 is 5.32 Å². The van der Waals surface area contributed by atoms with Crippen LogP contribution in [-0.2, 0) is 4.79 Å². The fourth-order valence-corrected chi connectivity index (χ4v) is 2.14. The molecular weight excluding hydrogens is 238 g/mol. The maximum Gasteiger partial charge on any atom is 0.230 e. The summed E-state index contributed by atoms with van der Waals surface area (Å²) in [6, 6.07) is 6.57. The van der Waals surface area contributed by atoms with Crippen LogP contribution in [0.2, 0.25) is 0 Å². The lowest BCUT2D eigenvalue weighted by Gasteiger charge is -2.40. The van der Waals surface area contributed by atoms with E-state index >= 15 is 0 Å². The Labute approximate surface area is 116 Å². The van der Waals surface area contributed by atoms with Gasteiger partial charge in [-0.3, -0.25) is 4.79 Å². The minimum atomic E-state index is -0.417. The molecule has 19 heavy (non-hydrogen) atoms. The van der Waals surface area contributed by atoms with Crippen LogP contribution in [0.15, 0.2) is 24.3 Å². The predicted molar refractivity (Wildman–Crippen MR) is 79.2 cm³/mol. The molecule has 0 aromatic heterocycles. The van der Waals surface area contributed by atoms with Crippen molar-refractivity contribution in [3.63, 3.8) is 0 Å². The molecule has 0 fully saturated rings. The van der Waals surface area contributed by atoms with Crippen molar-refractivity contribution in [2.24, 2.45) is 10.8 Å². The van der Waals surface area contributed by atoms with Gasteiger partial charge in [0.25, 0.3) is 0 Å². The molecular formula is C16H25NO2. The van der Waals surface area contributed by atoms with Crippen molar-refractivity contribution >= 4 is 11.6 Å². The quantitative estimate of drug-likeness (QED) is 0.800. The second-order valence-corrected chi connectivity index (χ2v) is 6.33. The van der Waals surface area contributed by atoms with Gasteiger partial charge in [0, 0.05) is 5.69 Å². The standard InChI is InChI=1S/C16H25NO2/c1-6-11-16(5,15(2,3)4)14(19)17-12-7-9-13(18)10-8-12/h7-10,18H,6,11H2,1-5H3,(H,17,19). The topological polar surface area (TPSA) is 49.3 Å². The van der Waals surface area contributed by atoms with Gasteiger partial charge >= 0.3 is 0 Å². The molecule has 0 saturated carbocycles. The molecule has 1 aromatic rings. The number of carbonyl (C=O) groups is 1. The molecule has 3 nitrogen and oxygen atoms in total. The van der Waals surface area contributed by atoms with Crippen molar-refractivity contribution in [2.75, 3.05) is 5.32 Å². The van der Waals surface area contributed by atoms with Gasteiger partial charge < -0.3 is 10.4 Å². The molecule has 0 aliphatic carbocycles. The van der Waals surface area contributed by atoms with E-state index in [-0.39, 0.29) is 17.1 Å². The first-order valence-corrected chi connectivity index (χ1v) is 6.81. The Kier molecular flexibility index (Phi) is 4.61. The zero-order chi connectivity index (χ0) is 14.7. The maximum absolute atomic E-state index is 12.6. The molecule has 1 rings (SSSR count). The van der Waals surface area contributed by atoms with E-state index in [0.29, 0.717) is 0 Å². The summed E-state index contributed by atoms with van der Waals surface area (Å²) in [5.74, 6) is 0.234. The molecule has 106 valence electrons. The Morgan fingerprint density at radius 1 is 1.16 bits per heavy atom. The molecule has 2 N–H and O–H groups in total. The lowest BCUT2D eigenvalue weighted by Crippen LogP contribution is -2.43. The van der Waals surface area contributed by atoms with Crippen molar-refractivity contribution in [3.05, 3.63) is 24.3 Å². The van der Waals surface area contributed by atoms with Crippen LogP contribution in [0.1, 0.15) is 47.5 Å². The second kappa shape index (κ2) is 5.64. The highest BCUT2D eigenvalue weighted by atomic mass is 16.3. The summed E-state index contributed by atoms with van der Waals surface area (Å²) in [7, 11) is 0. The number of amides is 1. The van der Waals surface area contributed by atoms with Crippen molar-refractivity contribution in [1.82, 2.24) is 0 Å². The second-order valence-electron chi connectivity index (χ2n) is 6.33. The third-order valence-corrected chi connectivity index (χ3v) is 4.03. The summed E-state index contributed by atoms with van der Waals surface area (Å²) < 4.78 is 0. The Bertz CT molecular complexity index is 431.